The monoisotopic (exact) mass is 392 g/mol. The molecule has 0 bridgehead atoms. The van der Waals surface area contributed by atoms with Crippen LogP contribution in [0.3, 0.4) is 0 Å². The van der Waals surface area contributed by atoms with E-state index in [2.05, 4.69) is 26.6 Å². The summed E-state index contributed by atoms with van der Waals surface area (Å²) in [5.41, 5.74) is 1.97. The molecule has 0 aromatic heterocycles. The van der Waals surface area contributed by atoms with Gasteiger partial charge in [0.2, 0.25) is 0 Å². The third-order valence-electron chi connectivity index (χ3n) is 3.34. The molecule has 0 fully saturated rings. The van der Waals surface area contributed by atoms with E-state index in [0.717, 1.165) is 11.6 Å². The summed E-state index contributed by atoms with van der Waals surface area (Å²) in [6.45, 7) is 5.58. The van der Waals surface area contributed by atoms with Crippen LogP contribution in [0.25, 0.3) is 0 Å². The molecule has 0 aliphatic heterocycles. The molecule has 2 aromatic rings. The topological polar surface area (TPSA) is 58.2 Å². The van der Waals surface area contributed by atoms with Crippen LogP contribution in [0.15, 0.2) is 40.9 Å². The quantitative estimate of drug-likeness (QED) is 0.815. The predicted octanol–water partition coefficient (Wildman–Crippen LogP) is 4.29. The van der Waals surface area contributed by atoms with E-state index in [0.29, 0.717) is 15.7 Å². The van der Waals surface area contributed by atoms with Crippen molar-refractivity contribution >= 4 is 33.4 Å². The largest absolute Gasteiger partial charge is 0.350 e. The number of hydrogen-bond acceptors (Lipinski definition) is 2. The Kier molecular flexibility index (Phi) is 5.72. The standard InChI is InChI=1S/C18H18BrFN2O2/c1-10(2)21-18(24)14-9-13(6-4-11(14)3)22-17(23)12-5-7-15(19)16(20)8-12/h4-10H,1-3H3,(H,21,24)(H,22,23). The minimum atomic E-state index is -0.511. The number of carbonyl (C=O) groups is 2. The molecular formula is C18H18BrFN2O2. The molecule has 0 saturated heterocycles. The summed E-state index contributed by atoms with van der Waals surface area (Å²) in [6.07, 6.45) is 0. The van der Waals surface area contributed by atoms with E-state index < -0.39 is 11.7 Å². The lowest BCUT2D eigenvalue weighted by Crippen LogP contribution is -2.30. The first-order valence-electron chi connectivity index (χ1n) is 7.46. The Labute approximate surface area is 148 Å². The van der Waals surface area contributed by atoms with Crippen LogP contribution in [-0.2, 0) is 0 Å². The van der Waals surface area contributed by atoms with Gasteiger partial charge in [-0.2, -0.15) is 0 Å². The highest BCUT2D eigenvalue weighted by Crippen LogP contribution is 2.19. The highest BCUT2D eigenvalue weighted by molar-refractivity contribution is 9.10. The molecule has 0 heterocycles. The molecule has 2 amide bonds. The highest BCUT2D eigenvalue weighted by Gasteiger charge is 2.13. The maximum atomic E-state index is 13.5. The molecule has 24 heavy (non-hydrogen) atoms. The number of anilines is 1. The molecular weight excluding hydrogens is 375 g/mol. The van der Waals surface area contributed by atoms with Gasteiger partial charge < -0.3 is 10.6 Å². The second-order valence-electron chi connectivity index (χ2n) is 5.74. The molecule has 2 rings (SSSR count). The van der Waals surface area contributed by atoms with Crippen LogP contribution < -0.4 is 10.6 Å². The van der Waals surface area contributed by atoms with Gasteiger partial charge in [-0.05, 0) is 72.6 Å². The van der Waals surface area contributed by atoms with Gasteiger partial charge in [0.15, 0.2) is 0 Å². The molecule has 4 nitrogen and oxygen atoms in total. The van der Waals surface area contributed by atoms with Crippen molar-refractivity contribution in [3.63, 3.8) is 0 Å². The molecule has 0 saturated carbocycles. The predicted molar refractivity (Wildman–Crippen MR) is 95.8 cm³/mol. The average Bonchev–Trinajstić information content (AvgIpc) is 2.51. The zero-order valence-corrected chi connectivity index (χ0v) is 15.2. The fourth-order valence-corrected chi connectivity index (χ4v) is 2.37. The molecule has 126 valence electrons. The Hall–Kier alpha value is -2.21. The van der Waals surface area contributed by atoms with E-state index in [-0.39, 0.29) is 17.5 Å². The maximum Gasteiger partial charge on any atom is 0.255 e. The minimum absolute atomic E-state index is 0.0147. The van der Waals surface area contributed by atoms with Crippen LogP contribution in [0, 0.1) is 12.7 Å². The fraction of sp³-hybridized carbons (Fsp3) is 0.222. The van der Waals surface area contributed by atoms with Crippen molar-refractivity contribution in [2.75, 3.05) is 5.32 Å². The zero-order valence-electron chi connectivity index (χ0n) is 13.6. The zero-order chi connectivity index (χ0) is 17.9. The van der Waals surface area contributed by atoms with Crippen LogP contribution in [0.1, 0.15) is 40.1 Å². The van der Waals surface area contributed by atoms with Gasteiger partial charge in [-0.3, -0.25) is 9.59 Å². The second-order valence-corrected chi connectivity index (χ2v) is 6.60. The van der Waals surface area contributed by atoms with Gasteiger partial charge in [0, 0.05) is 22.9 Å². The number of rotatable bonds is 4. The van der Waals surface area contributed by atoms with Crippen molar-refractivity contribution in [3.05, 3.63) is 63.4 Å². The van der Waals surface area contributed by atoms with E-state index >= 15 is 0 Å². The van der Waals surface area contributed by atoms with Crippen molar-refractivity contribution in [1.29, 1.82) is 0 Å². The molecule has 0 atom stereocenters. The molecule has 2 aromatic carbocycles. The minimum Gasteiger partial charge on any atom is -0.350 e. The van der Waals surface area contributed by atoms with Crippen LogP contribution in [0.2, 0.25) is 0 Å². The van der Waals surface area contributed by atoms with Crippen LogP contribution >= 0.6 is 15.9 Å². The summed E-state index contributed by atoms with van der Waals surface area (Å²) < 4.78 is 13.8. The summed E-state index contributed by atoms with van der Waals surface area (Å²) in [4.78, 5) is 24.4. The van der Waals surface area contributed by atoms with Crippen molar-refractivity contribution < 1.29 is 14.0 Å². The van der Waals surface area contributed by atoms with E-state index in [9.17, 15) is 14.0 Å². The molecule has 0 spiro atoms. The summed E-state index contributed by atoms with van der Waals surface area (Å²) in [7, 11) is 0. The third-order valence-corrected chi connectivity index (χ3v) is 3.98. The Morgan fingerprint density at radius 1 is 1.08 bits per heavy atom. The van der Waals surface area contributed by atoms with Crippen LogP contribution in [-0.4, -0.2) is 17.9 Å². The van der Waals surface area contributed by atoms with Crippen molar-refractivity contribution in [3.8, 4) is 0 Å². The van der Waals surface area contributed by atoms with Crippen molar-refractivity contribution in [2.45, 2.75) is 26.8 Å². The summed E-state index contributed by atoms with van der Waals surface area (Å²) in [5, 5.41) is 5.50. The SMILES string of the molecule is Cc1ccc(NC(=O)c2ccc(Br)c(F)c2)cc1C(=O)NC(C)C. The molecule has 6 heteroatoms. The Bertz CT molecular complexity index is 791. The average molecular weight is 393 g/mol. The Balaban J connectivity index is 2.22. The lowest BCUT2D eigenvalue weighted by Gasteiger charge is -2.12. The second kappa shape index (κ2) is 7.57. The normalized spacial score (nSPS) is 10.6. The number of benzene rings is 2. The lowest BCUT2D eigenvalue weighted by molar-refractivity contribution is 0.0941. The highest BCUT2D eigenvalue weighted by atomic mass is 79.9. The smallest absolute Gasteiger partial charge is 0.255 e. The molecule has 0 radical (unpaired) electrons. The summed E-state index contributed by atoms with van der Waals surface area (Å²) >= 11 is 3.05. The Morgan fingerprint density at radius 3 is 2.42 bits per heavy atom. The molecule has 0 aliphatic carbocycles. The number of hydrogen-bond donors (Lipinski definition) is 2. The van der Waals surface area contributed by atoms with Gasteiger partial charge in [-0.15, -0.1) is 0 Å². The van der Waals surface area contributed by atoms with Crippen molar-refractivity contribution in [2.24, 2.45) is 0 Å². The van der Waals surface area contributed by atoms with E-state index in [1.807, 2.05) is 20.8 Å². The number of halogens is 2. The van der Waals surface area contributed by atoms with E-state index in [1.165, 1.54) is 12.1 Å². The van der Waals surface area contributed by atoms with Gasteiger partial charge in [-0.1, -0.05) is 6.07 Å². The molecule has 0 aliphatic rings. The first-order chi connectivity index (χ1) is 11.3. The van der Waals surface area contributed by atoms with Gasteiger partial charge in [0.25, 0.3) is 11.8 Å². The van der Waals surface area contributed by atoms with Crippen LogP contribution in [0.5, 0.6) is 0 Å². The van der Waals surface area contributed by atoms with Gasteiger partial charge in [0.05, 0.1) is 4.47 Å². The maximum absolute atomic E-state index is 13.5. The van der Waals surface area contributed by atoms with Crippen LogP contribution in [0.4, 0.5) is 10.1 Å². The summed E-state index contributed by atoms with van der Waals surface area (Å²) in [5.74, 6) is -1.16. The van der Waals surface area contributed by atoms with Gasteiger partial charge in [-0.25, -0.2) is 4.39 Å². The van der Waals surface area contributed by atoms with Crippen molar-refractivity contribution in [1.82, 2.24) is 5.32 Å². The molecule has 2 N–H and O–H groups in total. The summed E-state index contributed by atoms with van der Waals surface area (Å²) in [6, 6.07) is 9.23. The molecule has 0 unspecified atom stereocenters. The third kappa shape index (κ3) is 4.41. The lowest BCUT2D eigenvalue weighted by atomic mass is 10.1. The fourth-order valence-electron chi connectivity index (χ4n) is 2.12. The van der Waals surface area contributed by atoms with E-state index in [1.54, 1.807) is 18.2 Å². The number of amides is 2. The number of nitrogens with one attached hydrogen (secondary N) is 2. The van der Waals surface area contributed by atoms with E-state index in [4.69, 9.17) is 0 Å². The first-order valence-corrected chi connectivity index (χ1v) is 8.25. The van der Waals surface area contributed by atoms with Gasteiger partial charge in [0.1, 0.15) is 5.82 Å². The van der Waals surface area contributed by atoms with Gasteiger partial charge >= 0.3 is 0 Å². The number of carbonyl (C=O) groups excluding carboxylic acids is 2. The Morgan fingerprint density at radius 2 is 1.79 bits per heavy atom. The first kappa shape index (κ1) is 18.1. The number of aryl methyl sites for hydroxylation is 1.